The van der Waals surface area contributed by atoms with Crippen LogP contribution in [0.15, 0.2) is 0 Å². The van der Waals surface area contributed by atoms with E-state index in [4.69, 9.17) is 4.74 Å². The molecule has 5 nitrogen and oxygen atoms in total. The summed E-state index contributed by atoms with van der Waals surface area (Å²) < 4.78 is 5.34. The van der Waals surface area contributed by atoms with Crippen molar-refractivity contribution in [2.45, 2.75) is 38.1 Å². The number of hydrogen-bond acceptors (Lipinski definition) is 4. The van der Waals surface area contributed by atoms with Gasteiger partial charge in [0, 0.05) is 32.3 Å². The zero-order chi connectivity index (χ0) is 14.9. The molecule has 3 aliphatic heterocycles. The molecule has 0 aliphatic carbocycles. The minimum absolute atomic E-state index is 0.0555. The van der Waals surface area contributed by atoms with Gasteiger partial charge in [0.1, 0.15) is 5.41 Å². The Morgan fingerprint density at radius 2 is 2.05 bits per heavy atom. The van der Waals surface area contributed by atoms with Crippen LogP contribution in [0.2, 0.25) is 0 Å². The van der Waals surface area contributed by atoms with Crippen molar-refractivity contribution in [1.29, 1.82) is 5.26 Å². The molecule has 3 aliphatic rings. The Morgan fingerprint density at radius 3 is 2.76 bits per heavy atom. The molecule has 0 bridgehead atoms. The lowest BCUT2D eigenvalue weighted by Gasteiger charge is -2.47. The summed E-state index contributed by atoms with van der Waals surface area (Å²) in [7, 11) is 2.20. The van der Waals surface area contributed by atoms with Crippen molar-refractivity contribution in [3.63, 3.8) is 0 Å². The van der Waals surface area contributed by atoms with Gasteiger partial charge in [-0.3, -0.25) is 4.79 Å². The largest absolute Gasteiger partial charge is 0.381 e. The fourth-order valence-corrected chi connectivity index (χ4v) is 4.23. The predicted octanol–water partition coefficient (Wildman–Crippen LogP) is 1.25. The summed E-state index contributed by atoms with van der Waals surface area (Å²) >= 11 is 0. The first kappa shape index (κ1) is 14.8. The molecule has 5 heteroatoms. The fraction of sp³-hybridized carbons (Fsp3) is 0.875. The van der Waals surface area contributed by atoms with Gasteiger partial charge in [-0.15, -0.1) is 0 Å². The number of rotatable bonds is 1. The second-order valence-electron chi connectivity index (χ2n) is 6.80. The van der Waals surface area contributed by atoms with Crippen LogP contribution in [0.5, 0.6) is 0 Å². The summed E-state index contributed by atoms with van der Waals surface area (Å²) in [5.41, 5.74) is -0.828. The summed E-state index contributed by atoms with van der Waals surface area (Å²) in [6, 6.07) is 2.93. The fourth-order valence-electron chi connectivity index (χ4n) is 4.23. The molecule has 2 atom stereocenters. The van der Waals surface area contributed by atoms with Crippen LogP contribution in [0.25, 0.3) is 0 Å². The molecule has 0 aromatic heterocycles. The van der Waals surface area contributed by atoms with Crippen LogP contribution in [0.3, 0.4) is 0 Å². The number of fused-ring (bicyclic) bond motifs is 1. The maximum absolute atomic E-state index is 12.9. The molecule has 0 spiro atoms. The summed E-state index contributed by atoms with van der Waals surface area (Å²) in [6.07, 6.45) is 4.57. The maximum atomic E-state index is 12.9. The van der Waals surface area contributed by atoms with Crippen molar-refractivity contribution in [2.24, 2.45) is 11.3 Å². The molecule has 3 rings (SSSR count). The van der Waals surface area contributed by atoms with Crippen LogP contribution in [0, 0.1) is 22.7 Å². The number of carbonyl (C=O) groups excluding carboxylic acids is 1. The first-order valence-corrected chi connectivity index (χ1v) is 8.15. The molecule has 0 aromatic rings. The summed E-state index contributed by atoms with van der Waals surface area (Å²) in [5.74, 6) is 0.636. The zero-order valence-corrected chi connectivity index (χ0v) is 12.9. The van der Waals surface area contributed by atoms with E-state index in [0.717, 1.165) is 19.5 Å². The van der Waals surface area contributed by atoms with Crippen LogP contribution >= 0.6 is 0 Å². The maximum Gasteiger partial charge on any atom is 0.243 e. The van der Waals surface area contributed by atoms with Gasteiger partial charge in [-0.2, -0.15) is 5.26 Å². The van der Waals surface area contributed by atoms with Crippen LogP contribution in [-0.4, -0.2) is 61.6 Å². The lowest BCUT2D eigenvalue weighted by atomic mass is 9.78. The molecule has 1 amide bonds. The van der Waals surface area contributed by atoms with Crippen LogP contribution < -0.4 is 0 Å². The Hall–Kier alpha value is -1.12. The minimum atomic E-state index is -0.828. The van der Waals surface area contributed by atoms with Gasteiger partial charge in [0.15, 0.2) is 0 Å². The van der Waals surface area contributed by atoms with Crippen molar-refractivity contribution in [1.82, 2.24) is 9.80 Å². The quantitative estimate of drug-likeness (QED) is 0.729. The molecule has 3 saturated heterocycles. The highest BCUT2D eigenvalue weighted by atomic mass is 16.5. The average Bonchev–Trinajstić information content (AvgIpc) is 2.54. The van der Waals surface area contributed by atoms with Crippen LogP contribution in [-0.2, 0) is 9.53 Å². The molecule has 0 aromatic carbocycles. The van der Waals surface area contributed by atoms with E-state index in [2.05, 4.69) is 18.0 Å². The van der Waals surface area contributed by atoms with Gasteiger partial charge in [0.05, 0.1) is 6.07 Å². The predicted molar refractivity (Wildman–Crippen MR) is 78.4 cm³/mol. The average molecular weight is 291 g/mol. The van der Waals surface area contributed by atoms with Gasteiger partial charge in [0.2, 0.25) is 5.91 Å². The standard InChI is InChI=1S/C16H25N3O2/c1-18-7-2-3-13-11-19(8-4-14(13)18)15(20)16(12-17)5-9-21-10-6-16/h13-14H,2-11H2,1H3. The number of ether oxygens (including phenoxy) is 1. The molecule has 0 N–H and O–H groups in total. The van der Waals surface area contributed by atoms with Gasteiger partial charge in [-0.05, 0) is 51.6 Å². The van der Waals surface area contributed by atoms with Crippen molar-refractivity contribution in [2.75, 3.05) is 39.9 Å². The normalized spacial score (nSPS) is 33.0. The van der Waals surface area contributed by atoms with Gasteiger partial charge in [0.25, 0.3) is 0 Å². The van der Waals surface area contributed by atoms with Gasteiger partial charge in [-0.25, -0.2) is 0 Å². The third kappa shape index (κ3) is 2.67. The highest BCUT2D eigenvalue weighted by Crippen LogP contribution is 2.35. The first-order chi connectivity index (χ1) is 10.2. The third-order valence-corrected chi connectivity index (χ3v) is 5.60. The molecular formula is C16H25N3O2. The van der Waals surface area contributed by atoms with Crippen LogP contribution in [0.1, 0.15) is 32.1 Å². The monoisotopic (exact) mass is 291 g/mol. The Morgan fingerprint density at radius 1 is 1.29 bits per heavy atom. The van der Waals surface area contributed by atoms with Gasteiger partial charge in [-0.1, -0.05) is 0 Å². The molecule has 3 fully saturated rings. The molecule has 21 heavy (non-hydrogen) atoms. The smallest absolute Gasteiger partial charge is 0.243 e. The first-order valence-electron chi connectivity index (χ1n) is 8.15. The van der Waals surface area contributed by atoms with E-state index in [0.29, 0.717) is 38.0 Å². The number of amides is 1. The Bertz CT molecular complexity index is 439. The highest BCUT2D eigenvalue weighted by molar-refractivity contribution is 5.85. The van der Waals surface area contributed by atoms with E-state index in [1.54, 1.807) is 0 Å². The van der Waals surface area contributed by atoms with Gasteiger partial charge < -0.3 is 14.5 Å². The molecule has 116 valence electrons. The number of nitrogens with zero attached hydrogens (tertiary/aromatic N) is 3. The molecular weight excluding hydrogens is 266 g/mol. The Kier molecular flexibility index (Phi) is 4.19. The van der Waals surface area contributed by atoms with Crippen LogP contribution in [0.4, 0.5) is 0 Å². The second kappa shape index (κ2) is 5.94. The molecule has 3 heterocycles. The van der Waals surface area contributed by atoms with Crippen molar-refractivity contribution < 1.29 is 9.53 Å². The van der Waals surface area contributed by atoms with E-state index in [1.807, 2.05) is 4.90 Å². The molecule has 2 unspecified atom stereocenters. The zero-order valence-electron chi connectivity index (χ0n) is 12.9. The van der Waals surface area contributed by atoms with E-state index in [1.165, 1.54) is 19.4 Å². The van der Waals surface area contributed by atoms with Crippen molar-refractivity contribution in [3.05, 3.63) is 0 Å². The number of likely N-dealkylation sites (tertiary alicyclic amines) is 2. The third-order valence-electron chi connectivity index (χ3n) is 5.60. The van der Waals surface area contributed by atoms with E-state index in [-0.39, 0.29) is 5.91 Å². The topological polar surface area (TPSA) is 56.6 Å². The number of hydrogen-bond donors (Lipinski definition) is 0. The molecule has 0 radical (unpaired) electrons. The number of carbonyl (C=O) groups is 1. The van der Waals surface area contributed by atoms with Crippen molar-refractivity contribution in [3.8, 4) is 6.07 Å². The Balaban J connectivity index is 1.70. The minimum Gasteiger partial charge on any atom is -0.381 e. The van der Waals surface area contributed by atoms with Crippen molar-refractivity contribution >= 4 is 5.91 Å². The SMILES string of the molecule is CN1CCCC2CN(C(=O)C3(C#N)CCOCC3)CCC21. The lowest BCUT2D eigenvalue weighted by Crippen LogP contribution is -2.56. The van der Waals surface area contributed by atoms with Gasteiger partial charge >= 0.3 is 0 Å². The second-order valence-corrected chi connectivity index (χ2v) is 6.80. The Labute approximate surface area is 126 Å². The molecule has 0 saturated carbocycles. The van der Waals surface area contributed by atoms with E-state index in [9.17, 15) is 10.1 Å². The number of nitriles is 1. The summed E-state index contributed by atoms with van der Waals surface area (Å²) in [5, 5.41) is 9.56. The van der Waals surface area contributed by atoms with E-state index < -0.39 is 5.41 Å². The summed E-state index contributed by atoms with van der Waals surface area (Å²) in [6.45, 7) is 3.87. The highest BCUT2D eigenvalue weighted by Gasteiger charge is 2.45. The summed E-state index contributed by atoms with van der Waals surface area (Å²) in [4.78, 5) is 17.3. The number of piperidine rings is 2. The lowest BCUT2D eigenvalue weighted by molar-refractivity contribution is -0.147. The van der Waals surface area contributed by atoms with E-state index >= 15 is 0 Å².